The highest BCUT2D eigenvalue weighted by Crippen LogP contribution is 2.50. The number of aromatic hydroxyl groups is 1. The lowest BCUT2D eigenvalue weighted by atomic mass is 9.95. The maximum absolute atomic E-state index is 13.7. The van der Waals surface area contributed by atoms with Crippen LogP contribution in [0.1, 0.15) is 18.4 Å². The Bertz CT molecular complexity index is 430. The number of phenols is 1. The largest absolute Gasteiger partial charge is 0.503 e. The second kappa shape index (κ2) is 3.59. The molecule has 3 nitrogen and oxygen atoms in total. The van der Waals surface area contributed by atoms with E-state index in [9.17, 15) is 13.9 Å². The van der Waals surface area contributed by atoms with Crippen LogP contribution in [0.25, 0.3) is 0 Å². The molecule has 88 valence electrons. The summed E-state index contributed by atoms with van der Waals surface area (Å²) in [5.41, 5.74) is 5.35. The van der Waals surface area contributed by atoms with Gasteiger partial charge in [-0.25, -0.2) is 4.39 Å². The summed E-state index contributed by atoms with van der Waals surface area (Å²) in [4.78, 5) is 0. The summed E-state index contributed by atoms with van der Waals surface area (Å²) >= 11 is 0. The lowest BCUT2D eigenvalue weighted by molar-refractivity contribution is 0.345. The molecular formula is C11H13F2NO2. The average molecular weight is 229 g/mol. The number of ether oxygens (including phenoxy) is 1. The van der Waals surface area contributed by atoms with Gasteiger partial charge in [0.1, 0.15) is 0 Å². The van der Waals surface area contributed by atoms with Crippen LogP contribution in [0.15, 0.2) is 6.07 Å². The standard InChI is InChI=1S/C11H13F2NO2/c1-16-7-4-6(11(5-14)2-3-11)8(12)10(15)9(7)13/h4,15H,2-3,5,14H2,1H3. The Labute approximate surface area is 91.8 Å². The van der Waals surface area contributed by atoms with Gasteiger partial charge in [-0.2, -0.15) is 4.39 Å². The maximum atomic E-state index is 13.7. The minimum atomic E-state index is -1.07. The van der Waals surface area contributed by atoms with E-state index in [0.717, 1.165) is 12.8 Å². The summed E-state index contributed by atoms with van der Waals surface area (Å²) < 4.78 is 31.8. The van der Waals surface area contributed by atoms with Crippen molar-refractivity contribution in [3.63, 3.8) is 0 Å². The van der Waals surface area contributed by atoms with Crippen LogP contribution >= 0.6 is 0 Å². The van der Waals surface area contributed by atoms with Crippen molar-refractivity contribution >= 4 is 0 Å². The molecule has 1 saturated carbocycles. The van der Waals surface area contributed by atoms with Crippen molar-refractivity contribution in [2.45, 2.75) is 18.3 Å². The fourth-order valence-electron chi connectivity index (χ4n) is 1.87. The first kappa shape index (κ1) is 11.1. The summed E-state index contributed by atoms with van der Waals surface area (Å²) in [5.74, 6) is -3.15. The van der Waals surface area contributed by atoms with Gasteiger partial charge in [0.2, 0.25) is 5.82 Å². The molecule has 1 aromatic rings. The zero-order chi connectivity index (χ0) is 11.9. The van der Waals surface area contributed by atoms with Gasteiger partial charge in [-0.05, 0) is 18.9 Å². The van der Waals surface area contributed by atoms with Crippen molar-refractivity contribution in [3.8, 4) is 11.5 Å². The zero-order valence-electron chi connectivity index (χ0n) is 8.89. The number of hydrogen-bond acceptors (Lipinski definition) is 3. The minimum Gasteiger partial charge on any atom is -0.503 e. The zero-order valence-corrected chi connectivity index (χ0v) is 8.89. The van der Waals surface area contributed by atoms with Crippen molar-refractivity contribution in [2.24, 2.45) is 5.73 Å². The van der Waals surface area contributed by atoms with E-state index in [4.69, 9.17) is 10.5 Å². The van der Waals surface area contributed by atoms with E-state index in [0.29, 0.717) is 0 Å². The smallest absolute Gasteiger partial charge is 0.209 e. The van der Waals surface area contributed by atoms with Crippen molar-refractivity contribution in [2.75, 3.05) is 13.7 Å². The lowest BCUT2D eigenvalue weighted by Gasteiger charge is -2.16. The van der Waals surface area contributed by atoms with Gasteiger partial charge in [0.15, 0.2) is 17.3 Å². The summed E-state index contributed by atoms with van der Waals surface area (Å²) in [6.45, 7) is 0.276. The Balaban J connectivity index is 2.58. The van der Waals surface area contributed by atoms with Crippen LogP contribution in [-0.2, 0) is 5.41 Å². The third kappa shape index (κ3) is 1.43. The Kier molecular flexibility index (Phi) is 2.50. The van der Waals surface area contributed by atoms with E-state index in [2.05, 4.69) is 0 Å². The van der Waals surface area contributed by atoms with Gasteiger partial charge in [0, 0.05) is 17.5 Å². The monoisotopic (exact) mass is 229 g/mol. The van der Waals surface area contributed by atoms with E-state index < -0.39 is 22.8 Å². The molecule has 0 amide bonds. The molecular weight excluding hydrogens is 216 g/mol. The van der Waals surface area contributed by atoms with Crippen molar-refractivity contribution < 1.29 is 18.6 Å². The van der Waals surface area contributed by atoms with Crippen LogP contribution in [0.3, 0.4) is 0 Å². The summed E-state index contributed by atoms with van der Waals surface area (Å²) in [5, 5.41) is 9.31. The minimum absolute atomic E-state index is 0.159. The number of nitrogens with two attached hydrogens (primary N) is 1. The van der Waals surface area contributed by atoms with Crippen LogP contribution < -0.4 is 10.5 Å². The first-order chi connectivity index (χ1) is 7.55. The van der Waals surface area contributed by atoms with Crippen LogP contribution in [0.2, 0.25) is 0 Å². The molecule has 0 heterocycles. The van der Waals surface area contributed by atoms with E-state index in [1.165, 1.54) is 13.2 Å². The van der Waals surface area contributed by atoms with Gasteiger partial charge < -0.3 is 15.6 Å². The predicted octanol–water partition coefficient (Wildman–Crippen LogP) is 1.67. The molecule has 1 aliphatic carbocycles. The molecule has 0 radical (unpaired) electrons. The molecule has 1 aliphatic rings. The van der Waals surface area contributed by atoms with Gasteiger partial charge in [0.05, 0.1) is 7.11 Å². The first-order valence-electron chi connectivity index (χ1n) is 5.01. The van der Waals surface area contributed by atoms with Crippen LogP contribution in [0.4, 0.5) is 8.78 Å². The predicted molar refractivity (Wildman–Crippen MR) is 54.5 cm³/mol. The SMILES string of the molecule is COc1cc(C2(CN)CC2)c(F)c(O)c1F. The van der Waals surface area contributed by atoms with Crippen LogP contribution in [-0.4, -0.2) is 18.8 Å². The summed E-state index contributed by atoms with van der Waals surface area (Å²) in [6.07, 6.45) is 1.49. The first-order valence-corrected chi connectivity index (χ1v) is 5.01. The van der Waals surface area contributed by atoms with Crippen molar-refractivity contribution in [1.82, 2.24) is 0 Å². The molecule has 2 rings (SSSR count). The molecule has 0 saturated heterocycles. The summed E-state index contributed by atoms with van der Waals surface area (Å²) in [7, 11) is 1.27. The molecule has 1 fully saturated rings. The van der Waals surface area contributed by atoms with Gasteiger partial charge in [-0.3, -0.25) is 0 Å². The molecule has 0 unspecified atom stereocenters. The number of rotatable bonds is 3. The molecule has 3 N–H and O–H groups in total. The Hall–Kier alpha value is -1.36. The van der Waals surface area contributed by atoms with E-state index >= 15 is 0 Å². The Morgan fingerprint density at radius 3 is 2.50 bits per heavy atom. The molecule has 0 atom stereocenters. The topological polar surface area (TPSA) is 55.5 Å². The van der Waals surface area contributed by atoms with E-state index in [-0.39, 0.29) is 17.9 Å². The van der Waals surface area contributed by atoms with Gasteiger partial charge in [0.25, 0.3) is 0 Å². The van der Waals surface area contributed by atoms with E-state index in [1.807, 2.05) is 0 Å². The number of benzene rings is 1. The van der Waals surface area contributed by atoms with Crippen molar-refractivity contribution in [1.29, 1.82) is 0 Å². The molecule has 16 heavy (non-hydrogen) atoms. The summed E-state index contributed by atoms with van der Waals surface area (Å²) in [6, 6.07) is 1.28. The second-order valence-corrected chi connectivity index (χ2v) is 4.09. The molecule has 0 aromatic heterocycles. The van der Waals surface area contributed by atoms with E-state index in [1.54, 1.807) is 0 Å². The highest BCUT2D eigenvalue weighted by Gasteiger charge is 2.46. The highest BCUT2D eigenvalue weighted by atomic mass is 19.1. The highest BCUT2D eigenvalue weighted by molar-refractivity contribution is 5.46. The van der Waals surface area contributed by atoms with Gasteiger partial charge in [-0.1, -0.05) is 0 Å². The van der Waals surface area contributed by atoms with Gasteiger partial charge in [-0.15, -0.1) is 0 Å². The number of methoxy groups -OCH3 is 1. The second-order valence-electron chi connectivity index (χ2n) is 4.09. The third-order valence-electron chi connectivity index (χ3n) is 3.18. The van der Waals surface area contributed by atoms with Crippen LogP contribution in [0.5, 0.6) is 11.5 Å². The molecule has 0 spiro atoms. The molecule has 0 bridgehead atoms. The van der Waals surface area contributed by atoms with Crippen molar-refractivity contribution in [3.05, 3.63) is 23.3 Å². The fourth-order valence-corrected chi connectivity index (χ4v) is 1.87. The Morgan fingerprint density at radius 1 is 1.44 bits per heavy atom. The number of phenolic OH excluding ortho intramolecular Hbond substituents is 1. The quantitative estimate of drug-likeness (QED) is 0.828. The number of hydrogen-bond donors (Lipinski definition) is 2. The average Bonchev–Trinajstić information content (AvgIpc) is 3.07. The normalized spacial score (nSPS) is 17.2. The molecule has 1 aromatic carbocycles. The Morgan fingerprint density at radius 2 is 2.06 bits per heavy atom. The molecule has 5 heteroatoms. The number of halogens is 2. The molecule has 0 aliphatic heterocycles. The van der Waals surface area contributed by atoms with Crippen LogP contribution in [0, 0.1) is 11.6 Å². The fraction of sp³-hybridized carbons (Fsp3) is 0.455. The van der Waals surface area contributed by atoms with Gasteiger partial charge >= 0.3 is 0 Å². The lowest BCUT2D eigenvalue weighted by Crippen LogP contribution is -2.21. The maximum Gasteiger partial charge on any atom is 0.209 e. The third-order valence-corrected chi connectivity index (χ3v) is 3.18.